The predicted octanol–water partition coefficient (Wildman–Crippen LogP) is 3.20. The highest BCUT2D eigenvalue weighted by Crippen LogP contribution is 2.60. The first-order chi connectivity index (χ1) is 7.64. The zero-order chi connectivity index (χ0) is 11.3. The van der Waals surface area contributed by atoms with Crippen LogP contribution in [0.5, 0.6) is 0 Å². The highest BCUT2D eigenvalue weighted by atomic mass is 79.9. The number of unbranched alkanes of at least 4 members (excludes halogenated alkanes) is 2. The summed E-state index contributed by atoms with van der Waals surface area (Å²) in [5.74, 6) is 0. The van der Waals surface area contributed by atoms with Crippen molar-refractivity contribution in [2.75, 3.05) is 13.2 Å². The fourth-order valence-electron chi connectivity index (χ4n) is 3.32. The number of halogens is 1. The van der Waals surface area contributed by atoms with Crippen LogP contribution < -0.4 is 0 Å². The van der Waals surface area contributed by atoms with E-state index in [1.807, 2.05) is 0 Å². The van der Waals surface area contributed by atoms with Crippen molar-refractivity contribution in [1.29, 1.82) is 0 Å². The molecule has 1 spiro atoms. The molecule has 2 saturated heterocycles. The first-order valence-electron chi connectivity index (χ1n) is 6.31. The average molecular weight is 287 g/mol. The summed E-state index contributed by atoms with van der Waals surface area (Å²) >= 11 is 3.86. The summed E-state index contributed by atoms with van der Waals surface area (Å²) in [5, 5.41) is 0. The van der Waals surface area contributed by atoms with Gasteiger partial charge in [0.25, 0.3) is 0 Å². The molecule has 3 atom stereocenters. The molecule has 0 unspecified atom stereocenters. The van der Waals surface area contributed by atoms with Gasteiger partial charge < -0.3 is 9.47 Å². The highest BCUT2D eigenvalue weighted by Gasteiger charge is 2.68. The monoisotopic (exact) mass is 286 g/mol. The van der Waals surface area contributed by atoms with Gasteiger partial charge >= 0.3 is 0 Å². The van der Waals surface area contributed by atoms with E-state index in [0.29, 0.717) is 6.61 Å². The minimum absolute atomic E-state index is 0.00243. The molecule has 3 heteroatoms. The second-order valence-corrected chi connectivity index (χ2v) is 7.00. The van der Waals surface area contributed by atoms with Gasteiger partial charge in [-0.25, -0.2) is 0 Å². The Morgan fingerprint density at radius 1 is 1.25 bits per heavy atom. The summed E-state index contributed by atoms with van der Waals surface area (Å²) in [4.78, 5) is 0. The van der Waals surface area contributed by atoms with Gasteiger partial charge in [0.2, 0.25) is 0 Å². The Hall–Kier alpha value is 0.140. The van der Waals surface area contributed by atoms with Crippen LogP contribution in [0.2, 0.25) is 0 Å². The number of ether oxygens (including phenoxy) is 2. The molecule has 2 fully saturated rings. The second-order valence-electron chi connectivity index (χ2n) is 5.48. The van der Waals surface area contributed by atoms with E-state index in [2.05, 4.69) is 35.0 Å². The summed E-state index contributed by atoms with van der Waals surface area (Å²) in [6.07, 6.45) is 10.6. The summed E-state index contributed by atoms with van der Waals surface area (Å²) in [5.41, 5.74) is -0.165. The molecular weight excluding hydrogens is 268 g/mol. The molecular formula is C13H19BrO2. The average Bonchev–Trinajstić information content (AvgIpc) is 2.79. The standard InChI is InChI=1S/C13H19BrO2/c1-2-3-4-5-11-6-7-13(16-11)10-15-9-12(13,14)8-11/h6-7H,2-5,8-10H2,1H3/t11-,12-,13-/m1/s1. The van der Waals surface area contributed by atoms with Crippen molar-refractivity contribution >= 4 is 15.9 Å². The maximum atomic E-state index is 6.34. The lowest BCUT2D eigenvalue weighted by atomic mass is 9.79. The molecule has 3 aliphatic rings. The van der Waals surface area contributed by atoms with E-state index >= 15 is 0 Å². The Morgan fingerprint density at radius 3 is 2.88 bits per heavy atom. The van der Waals surface area contributed by atoms with Gasteiger partial charge in [-0.15, -0.1) is 0 Å². The first kappa shape index (κ1) is 11.2. The molecule has 0 radical (unpaired) electrons. The van der Waals surface area contributed by atoms with Crippen molar-refractivity contribution < 1.29 is 9.47 Å². The number of fused-ring (bicyclic) bond motifs is 1. The first-order valence-corrected chi connectivity index (χ1v) is 7.10. The third-order valence-electron chi connectivity index (χ3n) is 4.23. The molecule has 0 aromatic carbocycles. The Kier molecular flexibility index (Phi) is 2.50. The van der Waals surface area contributed by atoms with Gasteiger partial charge in [0.1, 0.15) is 5.60 Å². The number of alkyl halides is 1. The van der Waals surface area contributed by atoms with Crippen LogP contribution in [0.4, 0.5) is 0 Å². The Bertz CT molecular complexity index is 330. The van der Waals surface area contributed by atoms with Crippen molar-refractivity contribution in [1.82, 2.24) is 0 Å². The Labute approximate surface area is 106 Å². The number of hydrogen-bond acceptors (Lipinski definition) is 2. The van der Waals surface area contributed by atoms with Crippen molar-refractivity contribution in [3.63, 3.8) is 0 Å². The maximum Gasteiger partial charge on any atom is 0.128 e. The molecule has 3 aliphatic heterocycles. The fourth-order valence-corrected chi connectivity index (χ4v) is 4.28. The van der Waals surface area contributed by atoms with E-state index in [4.69, 9.17) is 9.47 Å². The molecule has 0 aliphatic carbocycles. The number of hydrogen-bond donors (Lipinski definition) is 0. The second kappa shape index (κ2) is 3.56. The van der Waals surface area contributed by atoms with Crippen LogP contribution in [0.25, 0.3) is 0 Å². The molecule has 0 N–H and O–H groups in total. The summed E-state index contributed by atoms with van der Waals surface area (Å²) in [6.45, 7) is 3.74. The van der Waals surface area contributed by atoms with Crippen molar-refractivity contribution in [2.45, 2.75) is 54.6 Å². The van der Waals surface area contributed by atoms with Gasteiger partial charge in [-0.1, -0.05) is 54.3 Å². The van der Waals surface area contributed by atoms with E-state index in [1.165, 1.54) is 19.3 Å². The van der Waals surface area contributed by atoms with Crippen LogP contribution in [-0.2, 0) is 9.47 Å². The molecule has 3 heterocycles. The molecule has 2 bridgehead atoms. The van der Waals surface area contributed by atoms with Gasteiger partial charge in [0, 0.05) is 6.42 Å². The van der Waals surface area contributed by atoms with E-state index in [-0.39, 0.29) is 15.5 Å². The van der Waals surface area contributed by atoms with Crippen LogP contribution in [0.1, 0.15) is 39.0 Å². The zero-order valence-electron chi connectivity index (χ0n) is 9.80. The molecule has 0 amide bonds. The lowest BCUT2D eigenvalue weighted by Gasteiger charge is -2.28. The largest absolute Gasteiger partial charge is 0.376 e. The van der Waals surface area contributed by atoms with Crippen LogP contribution in [0, 0.1) is 0 Å². The van der Waals surface area contributed by atoms with Crippen LogP contribution in [-0.4, -0.2) is 28.7 Å². The topological polar surface area (TPSA) is 18.5 Å². The Morgan fingerprint density at radius 2 is 2.12 bits per heavy atom. The molecule has 16 heavy (non-hydrogen) atoms. The predicted molar refractivity (Wildman–Crippen MR) is 66.9 cm³/mol. The third kappa shape index (κ3) is 1.37. The van der Waals surface area contributed by atoms with Crippen LogP contribution in [0.15, 0.2) is 12.2 Å². The van der Waals surface area contributed by atoms with Crippen LogP contribution >= 0.6 is 15.9 Å². The van der Waals surface area contributed by atoms with Crippen LogP contribution in [0.3, 0.4) is 0 Å². The summed E-state index contributed by atoms with van der Waals surface area (Å²) in [7, 11) is 0. The quantitative estimate of drug-likeness (QED) is 0.449. The lowest BCUT2D eigenvalue weighted by Crippen LogP contribution is -2.43. The number of rotatable bonds is 4. The highest BCUT2D eigenvalue weighted by molar-refractivity contribution is 9.10. The molecule has 2 nitrogen and oxygen atoms in total. The summed E-state index contributed by atoms with van der Waals surface area (Å²) < 4.78 is 12.0. The smallest absolute Gasteiger partial charge is 0.128 e. The molecule has 3 rings (SSSR count). The van der Waals surface area contributed by atoms with Crippen molar-refractivity contribution in [2.24, 2.45) is 0 Å². The molecule has 0 saturated carbocycles. The normalized spacial score (nSPS) is 48.9. The van der Waals surface area contributed by atoms with E-state index in [0.717, 1.165) is 19.4 Å². The molecule has 0 aromatic heterocycles. The summed E-state index contributed by atoms with van der Waals surface area (Å²) in [6, 6.07) is 0. The van der Waals surface area contributed by atoms with E-state index in [1.54, 1.807) is 0 Å². The zero-order valence-corrected chi connectivity index (χ0v) is 11.4. The SMILES string of the molecule is CCCCC[C@@]12C=C[C@]3(COC[C@]3(Br)C1)O2. The Balaban J connectivity index is 1.76. The van der Waals surface area contributed by atoms with Crippen molar-refractivity contribution in [3.8, 4) is 0 Å². The maximum absolute atomic E-state index is 6.34. The minimum atomic E-state index is -0.167. The minimum Gasteiger partial charge on any atom is -0.376 e. The van der Waals surface area contributed by atoms with Gasteiger partial charge in [0.15, 0.2) is 0 Å². The third-order valence-corrected chi connectivity index (χ3v) is 5.41. The van der Waals surface area contributed by atoms with Gasteiger partial charge in [-0.3, -0.25) is 0 Å². The lowest BCUT2D eigenvalue weighted by molar-refractivity contribution is -0.0523. The van der Waals surface area contributed by atoms with Gasteiger partial charge in [0.05, 0.1) is 23.1 Å². The van der Waals surface area contributed by atoms with Gasteiger partial charge in [-0.2, -0.15) is 0 Å². The fraction of sp³-hybridized carbons (Fsp3) is 0.846. The van der Waals surface area contributed by atoms with E-state index < -0.39 is 0 Å². The molecule has 0 aromatic rings. The molecule has 90 valence electrons. The van der Waals surface area contributed by atoms with Crippen molar-refractivity contribution in [3.05, 3.63) is 12.2 Å². The van der Waals surface area contributed by atoms with Gasteiger partial charge in [-0.05, 0) is 6.42 Å². The van der Waals surface area contributed by atoms with E-state index in [9.17, 15) is 0 Å².